The number of hydrogen-bond donors (Lipinski definition) is 7. The summed E-state index contributed by atoms with van der Waals surface area (Å²) < 4.78 is 8.70. The minimum absolute atomic E-state index is 0.0809. The molecule has 0 aromatic carbocycles. The van der Waals surface area contributed by atoms with Gasteiger partial charge in [-0.2, -0.15) is 0 Å². The van der Waals surface area contributed by atoms with E-state index < -0.39 is 38.6 Å². The zero-order valence-corrected chi connectivity index (χ0v) is 9.08. The van der Waals surface area contributed by atoms with Gasteiger partial charge in [-0.15, -0.1) is 9.79 Å². The predicted octanol–water partition coefficient (Wildman–Crippen LogP) is -3.66. The molecular weight excluding hydrogens is 263 g/mol. The van der Waals surface area contributed by atoms with Gasteiger partial charge in [0.05, 0.1) is 0 Å². The van der Waals surface area contributed by atoms with E-state index in [1.165, 1.54) is 0 Å². The third kappa shape index (κ3) is 8.77. The van der Waals surface area contributed by atoms with Crippen LogP contribution in [-0.2, 0) is 14.2 Å². The SMILES string of the molecule is O=CC(O)C(O)C(O)C(O)C(=O)O.O=[P+](O)O. The molecule has 0 fully saturated rings. The van der Waals surface area contributed by atoms with Gasteiger partial charge in [-0.3, -0.25) is 0 Å². The normalized spacial score (nSPS) is 16.8. The van der Waals surface area contributed by atoms with Gasteiger partial charge in [-0.05, 0) is 0 Å². The van der Waals surface area contributed by atoms with E-state index in [1.807, 2.05) is 0 Å². The highest BCUT2D eigenvalue weighted by Crippen LogP contribution is 2.03. The van der Waals surface area contributed by atoms with Gasteiger partial charge >= 0.3 is 14.2 Å². The highest BCUT2D eigenvalue weighted by Gasteiger charge is 2.33. The van der Waals surface area contributed by atoms with Crippen LogP contribution in [0.25, 0.3) is 0 Å². The fourth-order valence-electron chi connectivity index (χ4n) is 0.615. The molecule has 10 nitrogen and oxygen atoms in total. The van der Waals surface area contributed by atoms with Crippen molar-refractivity contribution in [3.8, 4) is 0 Å². The molecule has 0 heterocycles. The van der Waals surface area contributed by atoms with Gasteiger partial charge in [0.25, 0.3) is 0 Å². The summed E-state index contributed by atoms with van der Waals surface area (Å²) in [6, 6.07) is 0. The lowest BCUT2D eigenvalue weighted by atomic mass is 10.0. The average molecular weight is 275 g/mol. The minimum atomic E-state index is -2.87. The summed E-state index contributed by atoms with van der Waals surface area (Å²) in [5.41, 5.74) is 0. The Kier molecular flexibility index (Phi) is 9.80. The van der Waals surface area contributed by atoms with Crippen LogP contribution in [0.5, 0.6) is 0 Å². The van der Waals surface area contributed by atoms with Crippen molar-refractivity contribution in [2.24, 2.45) is 0 Å². The maximum Gasteiger partial charge on any atom is 0.692 e. The van der Waals surface area contributed by atoms with Crippen LogP contribution < -0.4 is 0 Å². The topological polar surface area (TPSA) is 193 Å². The van der Waals surface area contributed by atoms with Crippen molar-refractivity contribution in [2.75, 3.05) is 0 Å². The first-order chi connectivity index (χ1) is 7.64. The van der Waals surface area contributed by atoms with Crippen LogP contribution in [-0.4, -0.2) is 72.0 Å². The first kappa shape index (κ1) is 18.4. The molecule has 7 N–H and O–H groups in total. The zero-order valence-electron chi connectivity index (χ0n) is 8.19. The first-order valence-corrected chi connectivity index (χ1v) is 5.07. The Hall–Kier alpha value is -1.000. The molecule has 0 aromatic heterocycles. The lowest BCUT2D eigenvalue weighted by molar-refractivity contribution is -0.163. The molecule has 0 aromatic rings. The number of hydrogen-bond acceptors (Lipinski definition) is 7. The van der Waals surface area contributed by atoms with Gasteiger partial charge < -0.3 is 30.3 Å². The van der Waals surface area contributed by atoms with E-state index in [9.17, 15) is 9.59 Å². The smallest absolute Gasteiger partial charge is 0.479 e. The quantitative estimate of drug-likeness (QED) is 0.194. The molecule has 4 unspecified atom stereocenters. The number of carboxylic acids is 1. The molecule has 17 heavy (non-hydrogen) atoms. The lowest BCUT2D eigenvalue weighted by Crippen LogP contribution is -2.48. The van der Waals surface area contributed by atoms with E-state index in [0.29, 0.717) is 0 Å². The molecule has 0 aliphatic rings. The van der Waals surface area contributed by atoms with Gasteiger partial charge in [0.1, 0.15) is 18.3 Å². The number of carboxylic acid groups (broad SMARTS) is 1. The van der Waals surface area contributed by atoms with Crippen molar-refractivity contribution in [1.29, 1.82) is 0 Å². The van der Waals surface area contributed by atoms with Crippen LogP contribution in [0, 0.1) is 0 Å². The summed E-state index contributed by atoms with van der Waals surface area (Å²) in [6.45, 7) is 0. The number of carbonyl (C=O) groups is 2. The van der Waals surface area contributed by atoms with E-state index in [-0.39, 0.29) is 6.29 Å². The van der Waals surface area contributed by atoms with Crippen molar-refractivity contribution in [3.63, 3.8) is 0 Å². The maximum atomic E-state index is 10.1. The number of rotatable bonds is 5. The maximum absolute atomic E-state index is 10.1. The highest BCUT2D eigenvalue weighted by molar-refractivity contribution is 7.30. The van der Waals surface area contributed by atoms with Gasteiger partial charge in [0.2, 0.25) is 0 Å². The molecule has 0 aliphatic heterocycles. The van der Waals surface area contributed by atoms with Crippen LogP contribution in [0.15, 0.2) is 0 Å². The van der Waals surface area contributed by atoms with Gasteiger partial charge in [0.15, 0.2) is 12.4 Å². The van der Waals surface area contributed by atoms with E-state index in [4.69, 9.17) is 39.9 Å². The van der Waals surface area contributed by atoms with Crippen LogP contribution in [0.3, 0.4) is 0 Å². The molecular formula is C6H12O10P+. The summed E-state index contributed by atoms with van der Waals surface area (Å²) in [5, 5.41) is 43.2. The molecule has 0 saturated carbocycles. The summed E-state index contributed by atoms with van der Waals surface area (Å²) in [5.74, 6) is -1.76. The first-order valence-electron chi connectivity index (χ1n) is 3.90. The monoisotopic (exact) mass is 275 g/mol. The van der Waals surface area contributed by atoms with Crippen LogP contribution in [0.4, 0.5) is 0 Å². The molecule has 11 heteroatoms. The van der Waals surface area contributed by atoms with Gasteiger partial charge in [-0.25, -0.2) is 4.79 Å². The second-order valence-corrected chi connectivity index (χ2v) is 3.15. The standard InChI is InChI=1S/C6H10O7.HO3P/c7-1-2(8)3(9)4(10)5(11)6(12)13;1-4(2)3/h1-5,8-11H,(H,12,13);(H-,1,2,3)/p+1. The van der Waals surface area contributed by atoms with Crippen molar-refractivity contribution in [1.82, 2.24) is 0 Å². The number of aliphatic carboxylic acids is 1. The van der Waals surface area contributed by atoms with Crippen LogP contribution >= 0.6 is 8.25 Å². The second kappa shape index (κ2) is 9.07. The highest BCUT2D eigenvalue weighted by atomic mass is 31.1. The van der Waals surface area contributed by atoms with Crippen molar-refractivity contribution >= 4 is 20.5 Å². The molecule has 100 valence electrons. The number of aldehydes is 1. The fraction of sp³-hybridized carbons (Fsp3) is 0.667. The molecule has 4 atom stereocenters. The molecule has 0 aliphatic carbocycles. The van der Waals surface area contributed by atoms with Crippen molar-refractivity contribution in [3.05, 3.63) is 0 Å². The van der Waals surface area contributed by atoms with Crippen LogP contribution in [0.2, 0.25) is 0 Å². The predicted molar refractivity (Wildman–Crippen MR) is 49.8 cm³/mol. The third-order valence-corrected chi connectivity index (χ3v) is 1.42. The minimum Gasteiger partial charge on any atom is -0.479 e. The Morgan fingerprint density at radius 3 is 1.65 bits per heavy atom. The molecule has 0 spiro atoms. The Balaban J connectivity index is 0. The zero-order chi connectivity index (χ0) is 14.2. The molecule has 0 saturated heterocycles. The van der Waals surface area contributed by atoms with Gasteiger partial charge in [0, 0.05) is 4.57 Å². The summed E-state index contributed by atoms with van der Waals surface area (Å²) in [6.07, 6.45) is -8.39. The Morgan fingerprint density at radius 1 is 1.06 bits per heavy atom. The molecule has 0 amide bonds. The third-order valence-electron chi connectivity index (χ3n) is 1.42. The van der Waals surface area contributed by atoms with Crippen molar-refractivity contribution < 1.29 is 49.5 Å². The fourth-order valence-corrected chi connectivity index (χ4v) is 0.615. The summed E-state index contributed by atoms with van der Waals surface area (Å²) in [7, 11) is -2.87. The molecule has 0 radical (unpaired) electrons. The van der Waals surface area contributed by atoms with Gasteiger partial charge in [-0.1, -0.05) is 0 Å². The van der Waals surface area contributed by atoms with E-state index in [1.54, 1.807) is 0 Å². The van der Waals surface area contributed by atoms with Crippen LogP contribution in [0.1, 0.15) is 0 Å². The largest absolute Gasteiger partial charge is 0.692 e. The average Bonchev–Trinajstić information content (AvgIpc) is 2.23. The number of aliphatic hydroxyl groups excluding tert-OH is 4. The summed E-state index contributed by atoms with van der Waals surface area (Å²) in [4.78, 5) is 34.2. The Labute approximate surface area is 95.3 Å². The van der Waals surface area contributed by atoms with Crippen molar-refractivity contribution in [2.45, 2.75) is 24.4 Å². The van der Waals surface area contributed by atoms with E-state index >= 15 is 0 Å². The molecule has 0 bridgehead atoms. The second-order valence-electron chi connectivity index (χ2n) is 2.64. The summed E-state index contributed by atoms with van der Waals surface area (Å²) >= 11 is 0. The number of carbonyl (C=O) groups excluding carboxylic acids is 1. The van der Waals surface area contributed by atoms with E-state index in [2.05, 4.69) is 0 Å². The Bertz CT molecular complexity index is 264. The van der Waals surface area contributed by atoms with E-state index in [0.717, 1.165) is 0 Å². The molecule has 0 rings (SSSR count). The number of aliphatic hydroxyl groups is 4. The lowest BCUT2D eigenvalue weighted by Gasteiger charge is -2.21. The Morgan fingerprint density at radius 2 is 1.41 bits per heavy atom.